The third-order valence-electron chi connectivity index (χ3n) is 3.30. The second kappa shape index (κ2) is 4.98. The molecule has 0 N–H and O–H groups in total. The zero-order valence-corrected chi connectivity index (χ0v) is 11.2. The maximum Gasteiger partial charge on any atom is 0.353 e. The Morgan fingerprint density at radius 2 is 2.20 bits per heavy atom. The summed E-state index contributed by atoms with van der Waals surface area (Å²) in [4.78, 5) is 4.38. The molecule has 0 spiro atoms. The lowest BCUT2D eigenvalue weighted by atomic mass is 10.2. The molecule has 1 fully saturated rings. The zero-order chi connectivity index (χ0) is 14.2. The molecular weight excluding hydrogens is 262 g/mol. The van der Waals surface area contributed by atoms with Crippen LogP contribution in [0, 0.1) is 0 Å². The molecule has 1 heterocycles. The van der Waals surface area contributed by atoms with Crippen LogP contribution in [0.5, 0.6) is 0 Å². The van der Waals surface area contributed by atoms with Crippen LogP contribution in [-0.4, -0.2) is 15.7 Å². The summed E-state index contributed by atoms with van der Waals surface area (Å²) >= 11 is 0. The highest BCUT2D eigenvalue weighted by Crippen LogP contribution is 2.39. The van der Waals surface area contributed by atoms with Gasteiger partial charge in [-0.2, -0.15) is 8.78 Å². The van der Waals surface area contributed by atoms with Gasteiger partial charge < -0.3 is 9.30 Å². The van der Waals surface area contributed by atoms with Crippen LogP contribution in [0.4, 0.5) is 8.78 Å². The summed E-state index contributed by atoms with van der Waals surface area (Å²) in [5.41, 5.74) is 2.72. The van der Waals surface area contributed by atoms with Gasteiger partial charge in [0.2, 0.25) is 0 Å². The van der Waals surface area contributed by atoms with Gasteiger partial charge >= 0.3 is 6.11 Å². The van der Waals surface area contributed by atoms with Crippen LogP contribution in [0.3, 0.4) is 0 Å². The van der Waals surface area contributed by atoms with E-state index in [0.29, 0.717) is 11.5 Å². The third-order valence-corrected chi connectivity index (χ3v) is 3.30. The number of rotatable bonds is 5. The van der Waals surface area contributed by atoms with Crippen molar-refractivity contribution < 1.29 is 13.5 Å². The van der Waals surface area contributed by atoms with Crippen molar-refractivity contribution in [2.75, 3.05) is 0 Å². The molecule has 0 unspecified atom stereocenters. The smallest absolute Gasteiger partial charge is 0.316 e. The molecule has 3 rings (SSSR count). The molecule has 0 amide bonds. The maximum absolute atomic E-state index is 12.7. The number of nitrogens with zero attached hydrogens (tertiary/aromatic N) is 2. The highest BCUT2D eigenvalue weighted by Gasteiger charge is 2.25. The van der Waals surface area contributed by atoms with Gasteiger partial charge in [0.15, 0.2) is 0 Å². The predicted molar refractivity (Wildman–Crippen MR) is 70.9 cm³/mol. The van der Waals surface area contributed by atoms with Crippen LogP contribution in [0.1, 0.15) is 36.9 Å². The van der Waals surface area contributed by atoms with E-state index >= 15 is 0 Å². The Morgan fingerprint density at radius 1 is 1.40 bits per heavy atom. The van der Waals surface area contributed by atoms with Gasteiger partial charge in [-0.25, -0.2) is 4.98 Å². The van der Waals surface area contributed by atoms with Crippen LogP contribution in [0.15, 0.2) is 36.8 Å². The molecule has 0 saturated heterocycles. The Labute approximate surface area is 116 Å². The molecule has 3 nitrogen and oxygen atoms in total. The fraction of sp³-hybridized carbons (Fsp3) is 0.400. The lowest BCUT2D eigenvalue weighted by Gasteiger charge is -2.12. The molecule has 5 heteroatoms. The first-order valence-corrected chi connectivity index (χ1v) is 6.66. The van der Waals surface area contributed by atoms with Gasteiger partial charge in [-0.05, 0) is 30.5 Å². The van der Waals surface area contributed by atoms with E-state index in [9.17, 15) is 8.78 Å². The number of alkyl halides is 2. The Kier molecular flexibility index (Phi) is 3.30. The van der Waals surface area contributed by atoms with Crippen molar-refractivity contribution in [1.82, 2.24) is 9.55 Å². The van der Waals surface area contributed by atoms with Crippen molar-refractivity contribution in [3.8, 4) is 5.69 Å². The highest BCUT2D eigenvalue weighted by atomic mass is 19.3. The minimum Gasteiger partial charge on any atom is -0.316 e. The monoisotopic (exact) mass is 278 g/mol. The Hall–Kier alpha value is -1.75. The maximum atomic E-state index is 12.7. The largest absolute Gasteiger partial charge is 0.353 e. The number of benzene rings is 1. The Balaban J connectivity index is 1.75. The van der Waals surface area contributed by atoms with Crippen molar-refractivity contribution in [1.29, 1.82) is 0 Å². The summed E-state index contributed by atoms with van der Waals surface area (Å²) in [5.74, 6) is 0.599. The first kappa shape index (κ1) is 13.2. The van der Waals surface area contributed by atoms with E-state index in [0.717, 1.165) is 18.3 Å². The van der Waals surface area contributed by atoms with E-state index in [2.05, 4.69) is 9.72 Å². The molecule has 1 aliphatic carbocycles. The summed E-state index contributed by atoms with van der Waals surface area (Å²) in [7, 11) is 0. The average Bonchev–Trinajstić information content (AvgIpc) is 3.14. The van der Waals surface area contributed by atoms with E-state index in [4.69, 9.17) is 0 Å². The van der Waals surface area contributed by atoms with E-state index in [1.165, 1.54) is 12.8 Å². The van der Waals surface area contributed by atoms with E-state index in [-0.39, 0.29) is 6.61 Å². The quantitative estimate of drug-likeness (QED) is 0.830. The van der Waals surface area contributed by atoms with Crippen LogP contribution in [-0.2, 0) is 11.3 Å². The number of aromatic nitrogens is 2. The first-order valence-electron chi connectivity index (χ1n) is 6.66. The fourth-order valence-corrected chi connectivity index (χ4v) is 2.09. The second-order valence-corrected chi connectivity index (χ2v) is 5.25. The van der Waals surface area contributed by atoms with Crippen LogP contribution in [0.2, 0.25) is 0 Å². The molecule has 106 valence electrons. The molecule has 0 atom stereocenters. The van der Waals surface area contributed by atoms with Gasteiger partial charge in [0.05, 0.1) is 18.6 Å². The normalized spacial score (nSPS) is 15.6. The van der Waals surface area contributed by atoms with E-state index in [1.54, 1.807) is 12.4 Å². The molecule has 0 radical (unpaired) electrons. The molecule has 2 aromatic rings. The van der Waals surface area contributed by atoms with E-state index in [1.807, 2.05) is 29.0 Å². The molecule has 1 aromatic heterocycles. The Morgan fingerprint density at radius 3 is 2.90 bits per heavy atom. The third kappa shape index (κ3) is 3.22. The number of hydrogen-bond acceptors (Lipinski definition) is 2. The van der Waals surface area contributed by atoms with Crippen molar-refractivity contribution in [3.63, 3.8) is 0 Å². The number of imidazole rings is 1. The van der Waals surface area contributed by atoms with Gasteiger partial charge in [-0.3, -0.25) is 0 Å². The van der Waals surface area contributed by atoms with Gasteiger partial charge in [0, 0.05) is 24.7 Å². The lowest BCUT2D eigenvalue weighted by Crippen LogP contribution is -2.14. The lowest BCUT2D eigenvalue weighted by molar-refractivity contribution is -0.231. The van der Waals surface area contributed by atoms with E-state index < -0.39 is 6.11 Å². The van der Waals surface area contributed by atoms with Gasteiger partial charge in [0.1, 0.15) is 0 Å². The molecule has 1 aliphatic rings. The number of halogens is 2. The zero-order valence-electron chi connectivity index (χ0n) is 11.2. The predicted octanol–water partition coefficient (Wildman–Crippen LogP) is 3.88. The first-order chi connectivity index (χ1) is 9.51. The van der Waals surface area contributed by atoms with Crippen molar-refractivity contribution in [3.05, 3.63) is 48.0 Å². The molecule has 20 heavy (non-hydrogen) atoms. The topological polar surface area (TPSA) is 27.1 Å². The fourth-order valence-electron chi connectivity index (χ4n) is 2.09. The Bertz CT molecular complexity index is 600. The molecular formula is C15H16F2N2O. The molecule has 1 saturated carbocycles. The van der Waals surface area contributed by atoms with Crippen LogP contribution in [0.25, 0.3) is 5.69 Å². The SMILES string of the molecule is CC(F)(F)OCc1cccc(-n2cnc(C3CC3)c2)c1. The number of ether oxygens (including phenoxy) is 1. The summed E-state index contributed by atoms with van der Waals surface area (Å²) in [5, 5.41) is 0. The number of hydrogen-bond donors (Lipinski definition) is 0. The average molecular weight is 278 g/mol. The van der Waals surface area contributed by atoms with Crippen molar-refractivity contribution in [2.24, 2.45) is 0 Å². The van der Waals surface area contributed by atoms with Crippen LogP contribution < -0.4 is 0 Å². The van der Waals surface area contributed by atoms with Gasteiger partial charge in [-0.1, -0.05) is 12.1 Å². The minimum absolute atomic E-state index is 0.110. The molecule has 0 bridgehead atoms. The standard InChI is InChI=1S/C15H16F2N2O/c1-15(16,17)20-9-11-3-2-4-13(7-11)19-8-14(18-10-19)12-5-6-12/h2-4,7-8,10,12H,5-6,9H2,1H3. The second-order valence-electron chi connectivity index (χ2n) is 5.25. The molecule has 1 aromatic carbocycles. The van der Waals surface area contributed by atoms with Crippen molar-refractivity contribution in [2.45, 2.75) is 38.4 Å². The van der Waals surface area contributed by atoms with Gasteiger partial charge in [-0.15, -0.1) is 0 Å². The van der Waals surface area contributed by atoms with Crippen molar-refractivity contribution >= 4 is 0 Å². The minimum atomic E-state index is -3.11. The van der Waals surface area contributed by atoms with Crippen LogP contribution >= 0.6 is 0 Å². The summed E-state index contributed by atoms with van der Waals surface area (Å²) < 4.78 is 31.8. The summed E-state index contributed by atoms with van der Waals surface area (Å²) in [6.07, 6.45) is 3.07. The van der Waals surface area contributed by atoms with Gasteiger partial charge in [0.25, 0.3) is 0 Å². The summed E-state index contributed by atoms with van der Waals surface area (Å²) in [6.45, 7) is 0.635. The highest BCUT2D eigenvalue weighted by molar-refractivity contribution is 5.36. The summed E-state index contributed by atoms with van der Waals surface area (Å²) in [6, 6.07) is 7.36. The molecule has 0 aliphatic heterocycles.